The van der Waals surface area contributed by atoms with Crippen molar-refractivity contribution in [3.63, 3.8) is 0 Å². The molecule has 1 aromatic carbocycles. The van der Waals surface area contributed by atoms with Gasteiger partial charge in [-0.25, -0.2) is 8.42 Å². The molecule has 0 radical (unpaired) electrons. The second kappa shape index (κ2) is 7.35. The summed E-state index contributed by atoms with van der Waals surface area (Å²) in [6, 6.07) is 5.95. The fraction of sp³-hybridized carbons (Fsp3) is 0.467. The van der Waals surface area contributed by atoms with Gasteiger partial charge in [-0.05, 0) is 43.5 Å². The molecule has 1 aromatic rings. The molecule has 2 N–H and O–H groups in total. The number of benzene rings is 1. The minimum atomic E-state index is -3.11. The number of amides is 2. The van der Waals surface area contributed by atoms with Gasteiger partial charge < -0.3 is 0 Å². The van der Waals surface area contributed by atoms with Crippen molar-refractivity contribution in [3.8, 4) is 0 Å². The Balaban J connectivity index is 1.75. The largest absolute Gasteiger partial charge is 0.273 e. The van der Waals surface area contributed by atoms with Crippen LogP contribution in [0, 0.1) is 19.8 Å². The van der Waals surface area contributed by atoms with E-state index in [0.29, 0.717) is 6.42 Å². The molecule has 1 fully saturated rings. The summed E-state index contributed by atoms with van der Waals surface area (Å²) in [5, 5.41) is 0. The number of aryl methyl sites for hydroxylation is 2. The lowest BCUT2D eigenvalue weighted by Crippen LogP contribution is -2.45. The van der Waals surface area contributed by atoms with Gasteiger partial charge in [0.15, 0.2) is 9.84 Å². The lowest BCUT2D eigenvalue weighted by atomic mass is 10.1. The molecular weight excluding hydrogens is 336 g/mol. The third-order valence-electron chi connectivity index (χ3n) is 3.78. The van der Waals surface area contributed by atoms with Crippen LogP contribution in [0.1, 0.15) is 17.5 Å². The average molecular weight is 356 g/mol. The minimum absolute atomic E-state index is 0.0294. The van der Waals surface area contributed by atoms with E-state index in [4.69, 9.17) is 0 Å². The van der Waals surface area contributed by atoms with Crippen LogP contribution in [0.3, 0.4) is 0 Å². The van der Waals surface area contributed by atoms with E-state index >= 15 is 0 Å². The van der Waals surface area contributed by atoms with Gasteiger partial charge in [0.05, 0.1) is 23.2 Å². The maximum atomic E-state index is 11.8. The third-order valence-corrected chi connectivity index (χ3v) is 6.54. The number of carbonyl (C=O) groups excluding carboxylic acids is 2. The number of carbonyl (C=O) groups is 2. The smallest absolute Gasteiger partial charge is 0.248 e. The summed E-state index contributed by atoms with van der Waals surface area (Å²) in [5.41, 5.74) is 6.98. The average Bonchev–Trinajstić information content (AvgIpc) is 2.86. The summed E-state index contributed by atoms with van der Waals surface area (Å²) in [7, 11) is -3.11. The SMILES string of the molecule is Cc1ccc(SCC(=O)NNC(=O)[C@@H]2CCS(=O)(=O)C2)cc1C. The van der Waals surface area contributed by atoms with Gasteiger partial charge in [0.25, 0.3) is 0 Å². The van der Waals surface area contributed by atoms with Gasteiger partial charge in [0.1, 0.15) is 0 Å². The van der Waals surface area contributed by atoms with Gasteiger partial charge in [0, 0.05) is 4.90 Å². The molecule has 1 aliphatic rings. The highest BCUT2D eigenvalue weighted by molar-refractivity contribution is 8.00. The highest BCUT2D eigenvalue weighted by Crippen LogP contribution is 2.21. The number of sulfone groups is 1. The molecule has 0 bridgehead atoms. The highest BCUT2D eigenvalue weighted by atomic mass is 32.2. The number of thioether (sulfide) groups is 1. The zero-order chi connectivity index (χ0) is 17.0. The molecule has 1 aliphatic heterocycles. The lowest BCUT2D eigenvalue weighted by Gasteiger charge is -2.10. The fourth-order valence-electron chi connectivity index (χ4n) is 2.22. The van der Waals surface area contributed by atoms with Crippen LogP contribution < -0.4 is 10.9 Å². The fourth-order valence-corrected chi connectivity index (χ4v) is 4.76. The number of hydrazine groups is 1. The van der Waals surface area contributed by atoms with Gasteiger partial charge in [-0.1, -0.05) is 6.07 Å². The molecule has 23 heavy (non-hydrogen) atoms. The maximum absolute atomic E-state index is 11.8. The van der Waals surface area contributed by atoms with E-state index in [9.17, 15) is 18.0 Å². The van der Waals surface area contributed by atoms with Crippen molar-refractivity contribution >= 4 is 33.4 Å². The first kappa shape index (κ1) is 17.8. The topological polar surface area (TPSA) is 92.3 Å². The zero-order valence-corrected chi connectivity index (χ0v) is 14.7. The van der Waals surface area contributed by atoms with Crippen molar-refractivity contribution < 1.29 is 18.0 Å². The van der Waals surface area contributed by atoms with Crippen LogP contribution in [0.4, 0.5) is 0 Å². The summed E-state index contributed by atoms with van der Waals surface area (Å²) in [5.74, 6) is -1.30. The highest BCUT2D eigenvalue weighted by Gasteiger charge is 2.33. The molecule has 8 heteroatoms. The van der Waals surface area contributed by atoms with Crippen LogP contribution in [0.15, 0.2) is 23.1 Å². The molecule has 0 aliphatic carbocycles. The molecule has 126 valence electrons. The van der Waals surface area contributed by atoms with Gasteiger partial charge in [-0.2, -0.15) is 0 Å². The quantitative estimate of drug-likeness (QED) is 0.620. The van der Waals surface area contributed by atoms with Gasteiger partial charge in [0.2, 0.25) is 11.8 Å². The van der Waals surface area contributed by atoms with Gasteiger partial charge in [-0.3, -0.25) is 20.4 Å². The lowest BCUT2D eigenvalue weighted by molar-refractivity contribution is -0.129. The summed E-state index contributed by atoms with van der Waals surface area (Å²) >= 11 is 1.38. The maximum Gasteiger partial charge on any atom is 0.248 e. The summed E-state index contributed by atoms with van der Waals surface area (Å²) in [4.78, 5) is 24.5. The Morgan fingerprint density at radius 1 is 1.22 bits per heavy atom. The molecule has 1 atom stereocenters. The zero-order valence-electron chi connectivity index (χ0n) is 13.1. The van der Waals surface area contributed by atoms with Crippen LogP contribution in [0.5, 0.6) is 0 Å². The van der Waals surface area contributed by atoms with Gasteiger partial charge >= 0.3 is 0 Å². The molecular formula is C15H20N2O4S2. The molecule has 1 heterocycles. The van der Waals surface area contributed by atoms with Crippen molar-refractivity contribution in [2.45, 2.75) is 25.2 Å². The Bertz CT molecular complexity index is 716. The molecule has 6 nitrogen and oxygen atoms in total. The van der Waals surface area contributed by atoms with E-state index in [0.717, 1.165) is 10.5 Å². The van der Waals surface area contributed by atoms with Crippen molar-refractivity contribution in [3.05, 3.63) is 29.3 Å². The first-order chi connectivity index (χ1) is 10.8. The van der Waals surface area contributed by atoms with Gasteiger partial charge in [-0.15, -0.1) is 11.8 Å². The Hall–Kier alpha value is -1.54. The molecule has 2 rings (SSSR count). The van der Waals surface area contributed by atoms with E-state index in [1.165, 1.54) is 17.3 Å². The predicted octanol–water partition coefficient (Wildman–Crippen LogP) is 0.978. The van der Waals surface area contributed by atoms with E-state index < -0.39 is 21.7 Å². The second-order valence-electron chi connectivity index (χ2n) is 5.67. The minimum Gasteiger partial charge on any atom is -0.273 e. The predicted molar refractivity (Wildman–Crippen MR) is 89.7 cm³/mol. The van der Waals surface area contributed by atoms with Crippen LogP contribution >= 0.6 is 11.8 Å². The number of hydrogen-bond donors (Lipinski definition) is 2. The normalized spacial score (nSPS) is 19.3. The molecule has 0 spiro atoms. The van der Waals surface area contributed by atoms with Crippen molar-refractivity contribution in [2.24, 2.45) is 5.92 Å². The Morgan fingerprint density at radius 3 is 2.57 bits per heavy atom. The van der Waals surface area contributed by atoms with Crippen molar-refractivity contribution in [2.75, 3.05) is 17.3 Å². The second-order valence-corrected chi connectivity index (χ2v) is 8.95. The van der Waals surface area contributed by atoms with E-state index in [1.54, 1.807) is 0 Å². The standard InChI is InChI=1S/C15H20N2O4S2/c1-10-3-4-13(7-11(10)2)22-8-14(18)16-17-15(19)12-5-6-23(20,21)9-12/h3-4,7,12H,5-6,8-9H2,1-2H3,(H,16,18)(H,17,19)/t12-/m1/s1. The summed E-state index contributed by atoms with van der Waals surface area (Å²) in [6.07, 6.45) is 0.307. The first-order valence-electron chi connectivity index (χ1n) is 7.26. The van der Waals surface area contributed by atoms with E-state index in [1.807, 2.05) is 32.0 Å². The van der Waals surface area contributed by atoms with E-state index in [2.05, 4.69) is 10.9 Å². The number of hydrogen-bond acceptors (Lipinski definition) is 5. The summed E-state index contributed by atoms with van der Waals surface area (Å²) in [6.45, 7) is 4.03. The molecule has 0 unspecified atom stereocenters. The third kappa shape index (κ3) is 5.24. The molecule has 0 aromatic heterocycles. The first-order valence-corrected chi connectivity index (χ1v) is 10.1. The van der Waals surface area contributed by atoms with Crippen molar-refractivity contribution in [1.29, 1.82) is 0 Å². The van der Waals surface area contributed by atoms with Crippen molar-refractivity contribution in [1.82, 2.24) is 10.9 Å². The van der Waals surface area contributed by atoms with Crippen LogP contribution in [-0.2, 0) is 19.4 Å². The summed E-state index contributed by atoms with van der Waals surface area (Å²) < 4.78 is 22.6. The Labute approximate surface area is 140 Å². The Morgan fingerprint density at radius 2 is 1.96 bits per heavy atom. The number of nitrogens with one attached hydrogen (secondary N) is 2. The van der Waals surface area contributed by atoms with Crippen LogP contribution in [0.2, 0.25) is 0 Å². The van der Waals surface area contributed by atoms with E-state index in [-0.39, 0.29) is 23.2 Å². The molecule has 2 amide bonds. The molecule has 0 saturated carbocycles. The monoisotopic (exact) mass is 356 g/mol. The Kier molecular flexibility index (Phi) is 5.69. The number of rotatable bonds is 4. The molecule has 1 saturated heterocycles. The van der Waals surface area contributed by atoms with Crippen LogP contribution in [-0.4, -0.2) is 37.5 Å². The van der Waals surface area contributed by atoms with Crippen LogP contribution in [0.25, 0.3) is 0 Å².